The normalized spacial score (nSPS) is 21.1. The second kappa shape index (κ2) is 8.51. The van der Waals surface area contributed by atoms with Crippen LogP contribution in [0.3, 0.4) is 0 Å². The Morgan fingerprint density at radius 2 is 1.65 bits per heavy atom. The Morgan fingerprint density at radius 3 is 2.22 bits per heavy atom. The van der Waals surface area contributed by atoms with Crippen LogP contribution in [0, 0.1) is 0 Å². The number of hydrogen-bond acceptors (Lipinski definition) is 3. The van der Waals surface area contributed by atoms with Gasteiger partial charge in [-0.2, -0.15) is 0 Å². The molecule has 2 aliphatic heterocycles. The largest absolute Gasteiger partial charge is 0.381 e. The fourth-order valence-electron chi connectivity index (χ4n) is 2.96. The van der Waals surface area contributed by atoms with Gasteiger partial charge in [0.25, 0.3) is 0 Å². The van der Waals surface area contributed by atoms with Crippen LogP contribution in [0.5, 0.6) is 0 Å². The van der Waals surface area contributed by atoms with Crippen LogP contribution in [0.4, 0.5) is 8.78 Å². The molecule has 1 aromatic carbocycles. The Kier molecular flexibility index (Phi) is 6.95. The summed E-state index contributed by atoms with van der Waals surface area (Å²) in [6.45, 7) is 5.78. The maximum atomic E-state index is 13.8. The minimum absolute atomic E-state index is 0.326. The van der Waals surface area contributed by atoms with Crippen LogP contribution in [-0.2, 0) is 19.6 Å². The van der Waals surface area contributed by atoms with Gasteiger partial charge in [0, 0.05) is 23.2 Å². The fourth-order valence-corrected chi connectivity index (χ4v) is 3.47. The summed E-state index contributed by atoms with van der Waals surface area (Å²) >= 11 is 3.41. The number of hydrogen-bond donors (Lipinski definition) is 0. The summed E-state index contributed by atoms with van der Waals surface area (Å²) in [6, 6.07) is 5.42. The molecule has 0 atom stereocenters. The summed E-state index contributed by atoms with van der Waals surface area (Å²) in [4.78, 5) is 0. The Balaban J connectivity index is 0.000000924. The topological polar surface area (TPSA) is 27.7 Å². The second-order valence-electron chi connectivity index (χ2n) is 5.42. The van der Waals surface area contributed by atoms with Crippen LogP contribution in [-0.4, -0.2) is 32.9 Å². The molecular formula is C17H23BrF2O3. The maximum absolute atomic E-state index is 13.8. The van der Waals surface area contributed by atoms with E-state index < -0.39 is 18.1 Å². The second-order valence-corrected chi connectivity index (χ2v) is 6.33. The van der Waals surface area contributed by atoms with Crippen molar-refractivity contribution in [2.45, 2.75) is 44.8 Å². The van der Waals surface area contributed by atoms with Gasteiger partial charge in [0.05, 0.1) is 18.6 Å². The van der Waals surface area contributed by atoms with Gasteiger partial charge in [0.2, 0.25) is 6.43 Å². The smallest absolute Gasteiger partial charge is 0.248 e. The van der Waals surface area contributed by atoms with Crippen molar-refractivity contribution in [2.75, 3.05) is 26.4 Å². The molecule has 130 valence electrons. The van der Waals surface area contributed by atoms with Crippen LogP contribution in [0.1, 0.15) is 44.1 Å². The van der Waals surface area contributed by atoms with E-state index in [1.807, 2.05) is 19.9 Å². The lowest BCUT2D eigenvalue weighted by Gasteiger charge is -2.37. The van der Waals surface area contributed by atoms with Gasteiger partial charge in [-0.15, -0.1) is 0 Å². The van der Waals surface area contributed by atoms with E-state index in [0.717, 1.165) is 10.0 Å². The van der Waals surface area contributed by atoms with Gasteiger partial charge in [-0.05, 0) is 36.6 Å². The molecule has 6 heteroatoms. The first kappa shape index (κ1) is 18.8. The Morgan fingerprint density at radius 1 is 1.04 bits per heavy atom. The van der Waals surface area contributed by atoms with Crippen molar-refractivity contribution in [3.63, 3.8) is 0 Å². The Hall–Kier alpha value is -0.560. The van der Waals surface area contributed by atoms with Gasteiger partial charge < -0.3 is 14.2 Å². The highest BCUT2D eigenvalue weighted by Gasteiger charge is 2.43. The molecule has 0 amide bonds. The Labute approximate surface area is 144 Å². The lowest BCUT2D eigenvalue weighted by Crippen LogP contribution is -2.40. The van der Waals surface area contributed by atoms with Crippen molar-refractivity contribution in [3.05, 3.63) is 33.8 Å². The van der Waals surface area contributed by atoms with Crippen molar-refractivity contribution in [2.24, 2.45) is 0 Å². The molecule has 3 nitrogen and oxygen atoms in total. The molecule has 0 unspecified atom stereocenters. The summed E-state index contributed by atoms with van der Waals surface area (Å²) in [5.74, 6) is 0. The molecule has 0 aliphatic carbocycles. The molecule has 0 N–H and O–H groups in total. The standard InChI is InChI=1S/C15H17BrF2O3.C2H6/c16-12-8-10(13-20-5-6-21-13)7-11(9-12)15(14(17)18)1-3-19-4-2-15;1-2/h7-9,13-14H,1-6H2;1-2H3. The molecule has 3 rings (SSSR count). The molecule has 2 fully saturated rings. The zero-order chi connectivity index (χ0) is 16.9. The molecule has 0 bridgehead atoms. The molecule has 2 aliphatic rings. The zero-order valence-corrected chi connectivity index (χ0v) is 15.1. The van der Waals surface area contributed by atoms with Gasteiger partial charge in [-0.1, -0.05) is 29.8 Å². The van der Waals surface area contributed by atoms with Crippen molar-refractivity contribution in [1.82, 2.24) is 0 Å². The summed E-state index contributed by atoms with van der Waals surface area (Å²) in [6.07, 6.45) is -2.23. The predicted molar refractivity (Wildman–Crippen MR) is 87.9 cm³/mol. The van der Waals surface area contributed by atoms with Crippen molar-refractivity contribution >= 4 is 15.9 Å². The van der Waals surface area contributed by atoms with E-state index >= 15 is 0 Å². The van der Waals surface area contributed by atoms with Gasteiger partial charge >= 0.3 is 0 Å². The van der Waals surface area contributed by atoms with E-state index in [9.17, 15) is 8.78 Å². The summed E-state index contributed by atoms with van der Waals surface area (Å²) in [7, 11) is 0. The third-order valence-electron chi connectivity index (χ3n) is 4.19. The van der Waals surface area contributed by atoms with E-state index in [1.54, 1.807) is 12.1 Å². The molecule has 0 aromatic heterocycles. The lowest BCUT2D eigenvalue weighted by atomic mass is 9.74. The Bertz CT molecular complexity index is 499. The quantitative estimate of drug-likeness (QED) is 0.736. The van der Waals surface area contributed by atoms with Crippen LogP contribution < -0.4 is 0 Å². The van der Waals surface area contributed by atoms with Crippen LogP contribution in [0.15, 0.2) is 22.7 Å². The highest BCUT2D eigenvalue weighted by Crippen LogP contribution is 2.42. The van der Waals surface area contributed by atoms with E-state index in [1.165, 1.54) is 0 Å². The number of halogens is 3. The van der Waals surface area contributed by atoms with Crippen LogP contribution in [0.25, 0.3) is 0 Å². The first-order chi connectivity index (χ1) is 11.1. The van der Waals surface area contributed by atoms with Gasteiger partial charge in [-0.3, -0.25) is 0 Å². The first-order valence-electron chi connectivity index (χ1n) is 8.02. The number of rotatable bonds is 3. The number of ether oxygens (including phenoxy) is 3. The molecule has 0 radical (unpaired) electrons. The number of benzene rings is 1. The van der Waals surface area contributed by atoms with E-state index in [0.29, 0.717) is 44.8 Å². The highest BCUT2D eigenvalue weighted by atomic mass is 79.9. The lowest BCUT2D eigenvalue weighted by molar-refractivity contribution is -0.0455. The van der Waals surface area contributed by atoms with E-state index in [2.05, 4.69) is 15.9 Å². The van der Waals surface area contributed by atoms with Crippen LogP contribution in [0.2, 0.25) is 0 Å². The minimum Gasteiger partial charge on any atom is -0.381 e. The predicted octanol–water partition coefficient (Wildman–Crippen LogP) is 4.83. The average Bonchev–Trinajstić information content (AvgIpc) is 3.11. The van der Waals surface area contributed by atoms with Gasteiger partial charge in [-0.25, -0.2) is 8.78 Å². The van der Waals surface area contributed by atoms with Crippen molar-refractivity contribution in [3.8, 4) is 0 Å². The third-order valence-corrected chi connectivity index (χ3v) is 4.65. The molecule has 1 aromatic rings. The highest BCUT2D eigenvalue weighted by molar-refractivity contribution is 9.10. The SMILES string of the molecule is CC.FC(F)C1(c2cc(Br)cc(C3OCCO3)c2)CCOCC1. The molecule has 0 saturated carbocycles. The third kappa shape index (κ3) is 4.10. The van der Waals surface area contributed by atoms with E-state index in [4.69, 9.17) is 14.2 Å². The minimum atomic E-state index is -2.42. The fraction of sp³-hybridized carbons (Fsp3) is 0.647. The van der Waals surface area contributed by atoms with Gasteiger partial charge in [0.1, 0.15) is 0 Å². The molecule has 23 heavy (non-hydrogen) atoms. The maximum Gasteiger partial charge on any atom is 0.248 e. The molecular weight excluding hydrogens is 370 g/mol. The first-order valence-corrected chi connectivity index (χ1v) is 8.81. The molecule has 2 saturated heterocycles. The van der Waals surface area contributed by atoms with Crippen molar-refractivity contribution in [1.29, 1.82) is 0 Å². The average molecular weight is 393 g/mol. The monoisotopic (exact) mass is 392 g/mol. The van der Waals surface area contributed by atoms with E-state index in [-0.39, 0.29) is 0 Å². The number of alkyl halides is 2. The molecule has 0 spiro atoms. The van der Waals surface area contributed by atoms with Gasteiger partial charge in [0.15, 0.2) is 6.29 Å². The zero-order valence-electron chi connectivity index (χ0n) is 13.5. The summed E-state index contributed by atoms with van der Waals surface area (Å²) < 4.78 is 44.5. The molecule has 2 heterocycles. The van der Waals surface area contributed by atoms with Crippen molar-refractivity contribution < 1.29 is 23.0 Å². The summed E-state index contributed by atoms with van der Waals surface area (Å²) in [5.41, 5.74) is 0.266. The van der Waals surface area contributed by atoms with Crippen LogP contribution >= 0.6 is 15.9 Å². The summed E-state index contributed by atoms with van der Waals surface area (Å²) in [5, 5.41) is 0.